The van der Waals surface area contributed by atoms with E-state index in [4.69, 9.17) is 23.2 Å². The first-order valence-electron chi connectivity index (χ1n) is 5.62. The van der Waals surface area contributed by atoms with Crippen LogP contribution in [0.3, 0.4) is 0 Å². The molecule has 98 valence electrons. The monoisotopic (exact) mass is 295 g/mol. The molecule has 0 aliphatic rings. The van der Waals surface area contributed by atoms with Crippen molar-refractivity contribution in [1.29, 1.82) is 0 Å². The standard InChI is InChI=1S/C13H11Cl2N3O/c1-8(9-5-3-2-4-6-9)16-13(19)10-7-11(14)17-18-12(10)15/h2-8H,1H3,(H,16,19). The van der Waals surface area contributed by atoms with E-state index in [2.05, 4.69) is 15.5 Å². The number of aromatic nitrogens is 2. The summed E-state index contributed by atoms with van der Waals surface area (Å²) in [4.78, 5) is 12.1. The zero-order valence-corrected chi connectivity index (χ0v) is 11.6. The molecule has 1 aromatic heterocycles. The zero-order valence-electron chi connectivity index (χ0n) is 10.1. The van der Waals surface area contributed by atoms with Gasteiger partial charge in [0.25, 0.3) is 5.91 Å². The minimum atomic E-state index is -0.335. The highest BCUT2D eigenvalue weighted by Gasteiger charge is 2.16. The molecule has 4 nitrogen and oxygen atoms in total. The number of nitrogens with zero attached hydrogens (tertiary/aromatic N) is 2. The molecule has 0 fully saturated rings. The second kappa shape index (κ2) is 5.99. The summed E-state index contributed by atoms with van der Waals surface area (Å²) in [5.74, 6) is -0.335. The van der Waals surface area contributed by atoms with E-state index in [1.807, 2.05) is 37.3 Å². The van der Waals surface area contributed by atoms with E-state index < -0.39 is 0 Å². The number of carbonyl (C=O) groups excluding carboxylic acids is 1. The van der Waals surface area contributed by atoms with Crippen LogP contribution in [0.15, 0.2) is 36.4 Å². The van der Waals surface area contributed by atoms with Gasteiger partial charge in [-0.25, -0.2) is 0 Å². The van der Waals surface area contributed by atoms with Gasteiger partial charge in [-0.2, -0.15) is 0 Å². The first-order valence-corrected chi connectivity index (χ1v) is 6.38. The maximum atomic E-state index is 12.1. The lowest BCUT2D eigenvalue weighted by Crippen LogP contribution is -2.27. The van der Waals surface area contributed by atoms with Crippen LogP contribution in [0.1, 0.15) is 28.9 Å². The van der Waals surface area contributed by atoms with Crippen molar-refractivity contribution in [2.24, 2.45) is 0 Å². The Hall–Kier alpha value is -1.65. The molecule has 1 atom stereocenters. The van der Waals surface area contributed by atoms with Crippen molar-refractivity contribution >= 4 is 29.1 Å². The Labute approximate surface area is 120 Å². The van der Waals surface area contributed by atoms with Crippen LogP contribution in [0, 0.1) is 0 Å². The molecule has 0 spiro atoms. The predicted molar refractivity (Wildman–Crippen MR) is 74.4 cm³/mol. The fourth-order valence-corrected chi connectivity index (χ4v) is 1.94. The average Bonchev–Trinajstić information content (AvgIpc) is 2.42. The molecule has 6 heteroatoms. The van der Waals surface area contributed by atoms with E-state index in [1.165, 1.54) is 6.07 Å². The fraction of sp³-hybridized carbons (Fsp3) is 0.154. The molecular weight excluding hydrogens is 285 g/mol. The van der Waals surface area contributed by atoms with Gasteiger partial charge in [0.15, 0.2) is 10.3 Å². The van der Waals surface area contributed by atoms with Crippen molar-refractivity contribution in [2.75, 3.05) is 0 Å². The largest absolute Gasteiger partial charge is 0.345 e. The third-order valence-corrected chi connectivity index (χ3v) is 3.07. The first-order chi connectivity index (χ1) is 9.08. The highest BCUT2D eigenvalue weighted by molar-refractivity contribution is 6.34. The van der Waals surface area contributed by atoms with Gasteiger partial charge in [-0.1, -0.05) is 53.5 Å². The van der Waals surface area contributed by atoms with Crippen molar-refractivity contribution in [3.63, 3.8) is 0 Å². The summed E-state index contributed by atoms with van der Waals surface area (Å²) >= 11 is 11.5. The normalized spacial score (nSPS) is 11.9. The van der Waals surface area contributed by atoms with Gasteiger partial charge in [0.2, 0.25) is 0 Å². The summed E-state index contributed by atoms with van der Waals surface area (Å²) in [6.07, 6.45) is 0. The molecule has 1 heterocycles. The third-order valence-electron chi connectivity index (χ3n) is 2.61. The SMILES string of the molecule is CC(NC(=O)c1cc(Cl)nnc1Cl)c1ccccc1. The van der Waals surface area contributed by atoms with Crippen molar-refractivity contribution in [1.82, 2.24) is 15.5 Å². The smallest absolute Gasteiger partial charge is 0.255 e. The second-order valence-corrected chi connectivity index (χ2v) is 4.72. The lowest BCUT2D eigenvalue weighted by Gasteiger charge is -2.14. The highest BCUT2D eigenvalue weighted by Crippen LogP contribution is 2.17. The molecule has 0 aliphatic carbocycles. The maximum absolute atomic E-state index is 12.1. The fourth-order valence-electron chi connectivity index (χ4n) is 1.61. The minimum Gasteiger partial charge on any atom is -0.345 e. The Morgan fingerprint density at radius 1 is 1.21 bits per heavy atom. The highest BCUT2D eigenvalue weighted by atomic mass is 35.5. The number of halogens is 2. The van der Waals surface area contributed by atoms with Gasteiger partial charge in [-0.05, 0) is 18.6 Å². The lowest BCUT2D eigenvalue weighted by molar-refractivity contribution is 0.0939. The van der Waals surface area contributed by atoms with Crippen LogP contribution in [0.5, 0.6) is 0 Å². The van der Waals surface area contributed by atoms with E-state index >= 15 is 0 Å². The first kappa shape index (κ1) is 13.8. The van der Waals surface area contributed by atoms with Gasteiger partial charge in [-0.3, -0.25) is 4.79 Å². The van der Waals surface area contributed by atoms with Crippen LogP contribution in [-0.4, -0.2) is 16.1 Å². The summed E-state index contributed by atoms with van der Waals surface area (Å²) in [5.41, 5.74) is 1.21. The maximum Gasteiger partial charge on any atom is 0.255 e. The molecule has 1 N–H and O–H groups in total. The number of hydrogen-bond donors (Lipinski definition) is 1. The van der Waals surface area contributed by atoms with Crippen LogP contribution < -0.4 is 5.32 Å². The Bertz CT molecular complexity index is 590. The van der Waals surface area contributed by atoms with Crippen LogP contribution in [0.2, 0.25) is 10.3 Å². The molecule has 1 unspecified atom stereocenters. The molecule has 1 aromatic carbocycles. The molecule has 0 saturated heterocycles. The van der Waals surface area contributed by atoms with E-state index in [9.17, 15) is 4.79 Å². The van der Waals surface area contributed by atoms with Crippen LogP contribution in [0.25, 0.3) is 0 Å². The third kappa shape index (κ3) is 3.43. The van der Waals surface area contributed by atoms with E-state index in [0.29, 0.717) is 0 Å². The summed E-state index contributed by atoms with van der Waals surface area (Å²) in [7, 11) is 0. The van der Waals surface area contributed by atoms with Crippen LogP contribution in [0.4, 0.5) is 0 Å². The molecule has 0 saturated carbocycles. The molecule has 0 radical (unpaired) electrons. The van der Waals surface area contributed by atoms with Crippen LogP contribution >= 0.6 is 23.2 Å². The molecule has 19 heavy (non-hydrogen) atoms. The van der Waals surface area contributed by atoms with Crippen molar-refractivity contribution < 1.29 is 4.79 Å². The van der Waals surface area contributed by atoms with Crippen molar-refractivity contribution in [2.45, 2.75) is 13.0 Å². The Kier molecular flexibility index (Phi) is 4.35. The van der Waals surface area contributed by atoms with Gasteiger partial charge >= 0.3 is 0 Å². The topological polar surface area (TPSA) is 54.9 Å². The number of carbonyl (C=O) groups is 1. The van der Waals surface area contributed by atoms with Gasteiger partial charge in [0.05, 0.1) is 11.6 Å². The Balaban J connectivity index is 2.15. The summed E-state index contributed by atoms with van der Waals surface area (Å²) in [5, 5.41) is 10.2. The predicted octanol–water partition coefficient (Wildman–Crippen LogP) is 3.27. The number of hydrogen-bond acceptors (Lipinski definition) is 3. The van der Waals surface area contributed by atoms with Crippen LogP contribution in [-0.2, 0) is 0 Å². The zero-order chi connectivity index (χ0) is 13.8. The molecule has 0 bridgehead atoms. The second-order valence-electron chi connectivity index (χ2n) is 3.98. The lowest BCUT2D eigenvalue weighted by atomic mass is 10.1. The Morgan fingerprint density at radius 3 is 2.58 bits per heavy atom. The number of rotatable bonds is 3. The van der Waals surface area contributed by atoms with Gasteiger partial charge in [0, 0.05) is 0 Å². The molecular formula is C13H11Cl2N3O. The molecule has 2 rings (SSSR count). The van der Waals surface area contributed by atoms with E-state index in [1.54, 1.807) is 0 Å². The van der Waals surface area contributed by atoms with Crippen molar-refractivity contribution in [3.8, 4) is 0 Å². The van der Waals surface area contributed by atoms with Crippen molar-refractivity contribution in [3.05, 3.63) is 57.8 Å². The summed E-state index contributed by atoms with van der Waals surface area (Å²) in [6, 6.07) is 10.9. The molecule has 0 aliphatic heterocycles. The average molecular weight is 296 g/mol. The number of amides is 1. The number of benzene rings is 1. The van der Waals surface area contributed by atoms with Gasteiger partial charge in [0.1, 0.15) is 0 Å². The molecule has 2 aromatic rings. The van der Waals surface area contributed by atoms with Gasteiger partial charge < -0.3 is 5.32 Å². The van der Waals surface area contributed by atoms with Gasteiger partial charge in [-0.15, -0.1) is 10.2 Å². The molecule has 1 amide bonds. The van der Waals surface area contributed by atoms with E-state index in [-0.39, 0.29) is 27.8 Å². The quantitative estimate of drug-likeness (QED) is 0.945. The van der Waals surface area contributed by atoms with E-state index in [0.717, 1.165) is 5.56 Å². The Morgan fingerprint density at radius 2 is 1.89 bits per heavy atom. The summed E-state index contributed by atoms with van der Waals surface area (Å²) < 4.78 is 0. The number of nitrogens with one attached hydrogen (secondary N) is 1. The summed E-state index contributed by atoms with van der Waals surface area (Å²) in [6.45, 7) is 1.89. The minimum absolute atomic E-state index is 0.0298.